The summed E-state index contributed by atoms with van der Waals surface area (Å²) in [5, 5.41) is 0. The van der Waals surface area contributed by atoms with E-state index in [2.05, 4.69) is 0 Å². The Hall–Kier alpha value is -1.96. The number of rotatable bonds is 3. The second kappa shape index (κ2) is 4.71. The van der Waals surface area contributed by atoms with Crippen molar-refractivity contribution in [2.45, 2.75) is 5.92 Å². The molecule has 0 saturated carbocycles. The molecule has 16 heavy (non-hydrogen) atoms. The molecule has 0 saturated heterocycles. The predicted octanol–water partition coefficient (Wildman–Crippen LogP) is 3.16. The summed E-state index contributed by atoms with van der Waals surface area (Å²) in [6, 6.07) is 15.6. The number of aldehydes is 1. The van der Waals surface area contributed by atoms with Crippen LogP contribution in [0.5, 0.6) is 0 Å². The molecule has 2 heteroatoms. The van der Waals surface area contributed by atoms with Crippen LogP contribution in [-0.4, -0.2) is 6.29 Å². The van der Waals surface area contributed by atoms with Crippen LogP contribution in [0, 0.1) is 5.82 Å². The lowest BCUT2D eigenvalue weighted by Gasteiger charge is -2.11. The van der Waals surface area contributed by atoms with Gasteiger partial charge in [-0.05, 0) is 11.6 Å². The zero-order valence-electron chi connectivity index (χ0n) is 8.64. The molecular weight excluding hydrogens is 203 g/mol. The van der Waals surface area contributed by atoms with Crippen molar-refractivity contribution in [3.63, 3.8) is 0 Å². The van der Waals surface area contributed by atoms with Crippen LogP contribution < -0.4 is 0 Å². The first-order valence-electron chi connectivity index (χ1n) is 5.07. The monoisotopic (exact) mass is 214 g/mol. The summed E-state index contributed by atoms with van der Waals surface area (Å²) < 4.78 is 13.6. The van der Waals surface area contributed by atoms with Crippen molar-refractivity contribution in [3.05, 3.63) is 71.5 Å². The molecule has 0 amide bonds. The summed E-state index contributed by atoms with van der Waals surface area (Å²) in [5.74, 6) is -0.870. The molecule has 0 fully saturated rings. The quantitative estimate of drug-likeness (QED) is 0.717. The maximum Gasteiger partial charge on any atom is 0.131 e. The third-order valence-electron chi connectivity index (χ3n) is 2.54. The average Bonchev–Trinajstić information content (AvgIpc) is 2.34. The minimum absolute atomic E-state index is 0.344. The van der Waals surface area contributed by atoms with E-state index in [0.717, 1.165) is 11.8 Å². The molecule has 2 aromatic carbocycles. The van der Waals surface area contributed by atoms with E-state index >= 15 is 0 Å². The normalized spacial score (nSPS) is 12.1. The topological polar surface area (TPSA) is 17.1 Å². The third kappa shape index (κ3) is 2.01. The third-order valence-corrected chi connectivity index (χ3v) is 2.54. The summed E-state index contributed by atoms with van der Waals surface area (Å²) >= 11 is 0. The van der Waals surface area contributed by atoms with Gasteiger partial charge in [0.15, 0.2) is 0 Å². The van der Waals surface area contributed by atoms with Gasteiger partial charge in [0.25, 0.3) is 0 Å². The minimum Gasteiger partial charge on any atom is -0.302 e. The van der Waals surface area contributed by atoms with Gasteiger partial charge in [0, 0.05) is 5.56 Å². The number of hydrogen-bond acceptors (Lipinski definition) is 1. The standard InChI is InChI=1S/C14H11FO/c15-14-9-5-4-8-12(14)13(10-16)11-6-2-1-3-7-11/h1-10,13H. The van der Waals surface area contributed by atoms with E-state index < -0.39 is 5.92 Å². The summed E-state index contributed by atoms with van der Waals surface area (Å²) in [7, 11) is 0. The number of benzene rings is 2. The molecule has 1 nitrogen and oxygen atoms in total. The molecule has 1 unspecified atom stereocenters. The molecule has 0 heterocycles. The van der Waals surface area contributed by atoms with Crippen molar-refractivity contribution in [2.75, 3.05) is 0 Å². The van der Waals surface area contributed by atoms with E-state index in [4.69, 9.17) is 0 Å². The summed E-state index contributed by atoms with van der Waals surface area (Å²) in [6.07, 6.45) is 0.772. The van der Waals surface area contributed by atoms with Crippen molar-refractivity contribution in [1.29, 1.82) is 0 Å². The molecule has 1 atom stereocenters. The van der Waals surface area contributed by atoms with E-state index in [1.807, 2.05) is 30.3 Å². The van der Waals surface area contributed by atoms with Crippen LogP contribution in [0.25, 0.3) is 0 Å². The molecule has 2 aromatic rings. The van der Waals surface area contributed by atoms with Crippen molar-refractivity contribution >= 4 is 6.29 Å². The number of halogens is 1. The summed E-state index contributed by atoms with van der Waals surface area (Å²) in [4.78, 5) is 11.1. The van der Waals surface area contributed by atoms with E-state index in [1.165, 1.54) is 6.07 Å². The Bertz CT molecular complexity index is 479. The molecule has 0 bridgehead atoms. The first-order valence-corrected chi connectivity index (χ1v) is 5.07. The molecule has 0 aliphatic heterocycles. The van der Waals surface area contributed by atoms with E-state index in [9.17, 15) is 9.18 Å². The lowest BCUT2D eigenvalue weighted by atomic mass is 9.92. The van der Waals surface area contributed by atoms with Crippen LogP contribution in [0.3, 0.4) is 0 Å². The fourth-order valence-electron chi connectivity index (χ4n) is 1.72. The Kier molecular flexibility index (Phi) is 3.10. The molecule has 2 rings (SSSR count). The van der Waals surface area contributed by atoms with Crippen molar-refractivity contribution < 1.29 is 9.18 Å². The molecular formula is C14H11FO. The van der Waals surface area contributed by atoms with Gasteiger partial charge in [-0.3, -0.25) is 0 Å². The Morgan fingerprint density at radius 3 is 2.19 bits per heavy atom. The second-order valence-corrected chi connectivity index (χ2v) is 3.55. The van der Waals surface area contributed by atoms with Gasteiger partial charge in [-0.2, -0.15) is 0 Å². The highest BCUT2D eigenvalue weighted by Gasteiger charge is 2.15. The molecule has 0 aliphatic rings. The lowest BCUT2D eigenvalue weighted by molar-refractivity contribution is -0.108. The van der Waals surface area contributed by atoms with Crippen molar-refractivity contribution in [1.82, 2.24) is 0 Å². The SMILES string of the molecule is O=CC(c1ccccc1)c1ccccc1F. The van der Waals surface area contributed by atoms with Gasteiger partial charge in [-0.25, -0.2) is 4.39 Å². The Balaban J connectivity index is 2.45. The van der Waals surface area contributed by atoms with Gasteiger partial charge in [0.1, 0.15) is 12.1 Å². The first-order chi connectivity index (χ1) is 7.83. The van der Waals surface area contributed by atoms with Crippen LogP contribution in [0.15, 0.2) is 54.6 Å². The Morgan fingerprint density at radius 1 is 0.938 bits per heavy atom. The highest BCUT2D eigenvalue weighted by Crippen LogP contribution is 2.24. The fourth-order valence-corrected chi connectivity index (χ4v) is 1.72. The van der Waals surface area contributed by atoms with Crippen LogP contribution in [0.2, 0.25) is 0 Å². The predicted molar refractivity (Wildman–Crippen MR) is 60.7 cm³/mol. The van der Waals surface area contributed by atoms with Crippen molar-refractivity contribution in [2.24, 2.45) is 0 Å². The van der Waals surface area contributed by atoms with Crippen LogP contribution in [0.4, 0.5) is 4.39 Å². The molecule has 0 aromatic heterocycles. The van der Waals surface area contributed by atoms with Crippen LogP contribution in [-0.2, 0) is 4.79 Å². The highest BCUT2D eigenvalue weighted by atomic mass is 19.1. The molecule has 0 aliphatic carbocycles. The summed E-state index contributed by atoms with van der Waals surface area (Å²) in [6.45, 7) is 0. The zero-order chi connectivity index (χ0) is 11.4. The molecule has 0 radical (unpaired) electrons. The van der Waals surface area contributed by atoms with Gasteiger partial charge < -0.3 is 4.79 Å². The van der Waals surface area contributed by atoms with E-state index in [-0.39, 0.29) is 5.82 Å². The lowest BCUT2D eigenvalue weighted by Crippen LogP contribution is -2.04. The van der Waals surface area contributed by atoms with E-state index in [0.29, 0.717) is 5.56 Å². The number of carbonyl (C=O) groups excluding carboxylic acids is 1. The number of hydrogen-bond donors (Lipinski definition) is 0. The molecule has 0 N–H and O–H groups in total. The first kappa shape index (κ1) is 10.6. The molecule has 0 spiro atoms. The van der Waals surface area contributed by atoms with Gasteiger partial charge in [0.05, 0.1) is 5.92 Å². The Labute approximate surface area is 93.5 Å². The number of carbonyl (C=O) groups is 1. The van der Waals surface area contributed by atoms with E-state index in [1.54, 1.807) is 18.2 Å². The second-order valence-electron chi connectivity index (χ2n) is 3.55. The fraction of sp³-hybridized carbons (Fsp3) is 0.0714. The van der Waals surface area contributed by atoms with Crippen molar-refractivity contribution in [3.8, 4) is 0 Å². The average molecular weight is 214 g/mol. The summed E-state index contributed by atoms with van der Waals surface area (Å²) in [5.41, 5.74) is 1.23. The maximum atomic E-state index is 13.6. The minimum atomic E-state index is -0.526. The van der Waals surface area contributed by atoms with Gasteiger partial charge in [0.2, 0.25) is 0 Å². The highest BCUT2D eigenvalue weighted by molar-refractivity contribution is 5.68. The van der Waals surface area contributed by atoms with Gasteiger partial charge >= 0.3 is 0 Å². The molecule has 80 valence electrons. The smallest absolute Gasteiger partial charge is 0.131 e. The van der Waals surface area contributed by atoms with Crippen LogP contribution in [0.1, 0.15) is 17.0 Å². The largest absolute Gasteiger partial charge is 0.302 e. The maximum absolute atomic E-state index is 13.6. The van der Waals surface area contributed by atoms with Gasteiger partial charge in [-0.15, -0.1) is 0 Å². The zero-order valence-corrected chi connectivity index (χ0v) is 8.64. The van der Waals surface area contributed by atoms with Crippen LogP contribution >= 0.6 is 0 Å². The Morgan fingerprint density at radius 2 is 1.56 bits per heavy atom. The van der Waals surface area contributed by atoms with Gasteiger partial charge in [-0.1, -0.05) is 48.5 Å².